The summed E-state index contributed by atoms with van der Waals surface area (Å²) in [5, 5.41) is 16.7. The van der Waals surface area contributed by atoms with Crippen molar-refractivity contribution in [2.75, 3.05) is 19.6 Å². The van der Waals surface area contributed by atoms with Gasteiger partial charge in [0.1, 0.15) is 12.1 Å². The maximum absolute atomic E-state index is 13.4. The maximum Gasteiger partial charge on any atom is 0.326 e. The molecule has 41 heavy (non-hydrogen) atoms. The lowest BCUT2D eigenvalue weighted by Crippen LogP contribution is -2.54. The average molecular weight is 582 g/mol. The van der Waals surface area contributed by atoms with E-state index in [1.54, 1.807) is 35.4 Å². The Morgan fingerprint density at radius 1 is 1.00 bits per heavy atom. The molecule has 1 aliphatic rings. The monoisotopic (exact) mass is 581 g/mol. The first-order valence-corrected chi connectivity index (χ1v) is 14.3. The summed E-state index contributed by atoms with van der Waals surface area (Å²) in [6, 6.07) is 12.3. The van der Waals surface area contributed by atoms with Crippen molar-refractivity contribution in [1.82, 2.24) is 20.5 Å². The van der Waals surface area contributed by atoms with Crippen LogP contribution in [0.1, 0.15) is 48.0 Å². The van der Waals surface area contributed by atoms with E-state index in [1.165, 1.54) is 0 Å². The van der Waals surface area contributed by atoms with Gasteiger partial charge in [-0.15, -0.1) is 0 Å². The van der Waals surface area contributed by atoms with Crippen molar-refractivity contribution in [3.8, 4) is 0 Å². The Hall–Kier alpha value is -3.89. The largest absolute Gasteiger partial charge is 0.480 e. The van der Waals surface area contributed by atoms with E-state index in [-0.39, 0.29) is 30.6 Å². The summed E-state index contributed by atoms with van der Waals surface area (Å²) in [7, 11) is 0. The van der Waals surface area contributed by atoms with Crippen LogP contribution in [0.4, 0.5) is 0 Å². The van der Waals surface area contributed by atoms with Gasteiger partial charge in [-0.1, -0.05) is 29.8 Å². The van der Waals surface area contributed by atoms with Gasteiger partial charge >= 0.3 is 5.97 Å². The zero-order valence-corrected chi connectivity index (χ0v) is 23.5. The van der Waals surface area contributed by atoms with Crippen LogP contribution >= 0.6 is 11.6 Å². The molecular formula is C30H36ClN5O5. The Balaban J connectivity index is 1.43. The number of nitrogens with one attached hydrogen (secondary N) is 3. The second kappa shape index (κ2) is 14.1. The number of nitrogens with zero attached hydrogens (tertiary/aromatic N) is 1. The Morgan fingerprint density at radius 3 is 2.39 bits per heavy atom. The third-order valence-corrected chi connectivity index (χ3v) is 7.79. The van der Waals surface area contributed by atoms with Crippen LogP contribution in [0.5, 0.6) is 0 Å². The molecule has 0 bridgehead atoms. The zero-order chi connectivity index (χ0) is 29.4. The van der Waals surface area contributed by atoms with Crippen molar-refractivity contribution in [3.63, 3.8) is 0 Å². The molecule has 0 spiro atoms. The average Bonchev–Trinajstić information content (AvgIpc) is 3.39. The summed E-state index contributed by atoms with van der Waals surface area (Å²) in [5.74, 6) is -2.49. The lowest BCUT2D eigenvalue weighted by molar-refractivity contribution is -0.142. The highest BCUT2D eigenvalue weighted by Crippen LogP contribution is 2.22. The van der Waals surface area contributed by atoms with Crippen LogP contribution in [0.15, 0.2) is 54.7 Å². The molecule has 0 aliphatic carbocycles. The topological polar surface area (TPSA) is 158 Å². The molecule has 2 unspecified atom stereocenters. The summed E-state index contributed by atoms with van der Waals surface area (Å²) in [6.45, 7) is 1.24. The Labute approximate surface area is 243 Å². The number of aromatic amines is 1. The Kier molecular flexibility index (Phi) is 10.4. The first-order chi connectivity index (χ1) is 19.8. The van der Waals surface area contributed by atoms with E-state index in [2.05, 4.69) is 15.6 Å². The van der Waals surface area contributed by atoms with Gasteiger partial charge in [0.15, 0.2) is 0 Å². The van der Waals surface area contributed by atoms with E-state index in [0.717, 1.165) is 16.5 Å². The van der Waals surface area contributed by atoms with E-state index in [4.69, 9.17) is 17.3 Å². The quantitative estimate of drug-likeness (QED) is 0.207. The lowest BCUT2D eigenvalue weighted by atomic mass is 9.94. The van der Waals surface area contributed by atoms with E-state index in [1.807, 2.05) is 24.3 Å². The molecule has 1 saturated heterocycles. The van der Waals surface area contributed by atoms with Gasteiger partial charge in [0.05, 0.1) is 0 Å². The molecule has 1 aliphatic heterocycles. The van der Waals surface area contributed by atoms with Crippen molar-refractivity contribution < 1.29 is 24.3 Å². The van der Waals surface area contributed by atoms with Gasteiger partial charge in [0, 0.05) is 53.1 Å². The SMILES string of the molecule is NCCCCC(NC(=O)C(Cc1c[nH]c2ccccc12)NC(=O)C1CCN(C(=O)c2ccc(Cl)cc2)CC1)C(=O)O. The summed E-state index contributed by atoms with van der Waals surface area (Å²) in [4.78, 5) is 56.4. The number of aliphatic carboxylic acids is 1. The van der Waals surface area contributed by atoms with Crippen LogP contribution < -0.4 is 16.4 Å². The molecule has 11 heteroatoms. The fourth-order valence-electron chi connectivity index (χ4n) is 5.16. The molecule has 2 aromatic carbocycles. The highest BCUT2D eigenvalue weighted by molar-refractivity contribution is 6.30. The lowest BCUT2D eigenvalue weighted by Gasteiger charge is -2.32. The molecule has 0 radical (unpaired) electrons. The summed E-state index contributed by atoms with van der Waals surface area (Å²) in [6.07, 6.45) is 4.33. The van der Waals surface area contributed by atoms with Crippen LogP contribution in [-0.2, 0) is 20.8 Å². The maximum atomic E-state index is 13.4. The van der Waals surface area contributed by atoms with E-state index in [0.29, 0.717) is 55.9 Å². The number of para-hydroxylation sites is 1. The van der Waals surface area contributed by atoms with Gasteiger partial charge in [-0.05, 0) is 74.5 Å². The molecule has 0 saturated carbocycles. The number of amides is 3. The summed E-state index contributed by atoms with van der Waals surface area (Å²) in [5.41, 5.74) is 7.80. The summed E-state index contributed by atoms with van der Waals surface area (Å²) >= 11 is 5.93. The van der Waals surface area contributed by atoms with Gasteiger partial charge in [0.25, 0.3) is 5.91 Å². The van der Waals surface area contributed by atoms with Crippen LogP contribution in [0.25, 0.3) is 10.9 Å². The third-order valence-electron chi connectivity index (χ3n) is 7.54. The van der Waals surface area contributed by atoms with E-state index < -0.39 is 24.0 Å². The number of carbonyl (C=O) groups excluding carboxylic acids is 3. The molecule has 4 rings (SSSR count). The van der Waals surface area contributed by atoms with Crippen LogP contribution in [0.2, 0.25) is 5.02 Å². The minimum Gasteiger partial charge on any atom is -0.480 e. The molecule has 10 nitrogen and oxygen atoms in total. The fourth-order valence-corrected chi connectivity index (χ4v) is 5.29. The number of rotatable bonds is 12. The minimum atomic E-state index is -1.13. The van der Waals surface area contributed by atoms with Crippen molar-refractivity contribution >= 4 is 46.2 Å². The van der Waals surface area contributed by atoms with Crippen molar-refractivity contribution in [3.05, 3.63) is 70.9 Å². The normalized spacial score (nSPS) is 15.3. The molecule has 2 heterocycles. The number of H-pyrrole nitrogens is 1. The number of carboxylic acid groups (broad SMARTS) is 1. The third kappa shape index (κ3) is 7.86. The fraction of sp³-hybridized carbons (Fsp3) is 0.400. The van der Waals surface area contributed by atoms with Crippen molar-refractivity contribution in [1.29, 1.82) is 0 Å². The molecular weight excluding hydrogens is 546 g/mol. The minimum absolute atomic E-state index is 0.119. The van der Waals surface area contributed by atoms with Crippen LogP contribution in [0, 0.1) is 5.92 Å². The number of carbonyl (C=O) groups is 4. The number of hydrogen-bond acceptors (Lipinski definition) is 5. The van der Waals surface area contributed by atoms with Crippen molar-refractivity contribution in [2.24, 2.45) is 11.7 Å². The van der Waals surface area contributed by atoms with Gasteiger partial charge < -0.3 is 31.4 Å². The molecule has 1 aromatic heterocycles. The Bertz CT molecular complexity index is 1370. The first kappa shape index (κ1) is 30.1. The molecule has 2 atom stereocenters. The molecule has 3 amide bonds. The molecule has 3 aromatic rings. The molecule has 1 fully saturated rings. The predicted octanol–water partition coefficient (Wildman–Crippen LogP) is 3.10. The number of hydrogen-bond donors (Lipinski definition) is 5. The molecule has 218 valence electrons. The van der Waals surface area contributed by atoms with E-state index in [9.17, 15) is 24.3 Å². The zero-order valence-electron chi connectivity index (χ0n) is 22.8. The number of benzene rings is 2. The number of aromatic nitrogens is 1. The van der Waals surface area contributed by atoms with Gasteiger partial charge in [-0.2, -0.15) is 0 Å². The number of piperidine rings is 1. The Morgan fingerprint density at radius 2 is 1.71 bits per heavy atom. The standard InChI is InChI=1S/C30H36ClN5O5/c31-22-10-8-20(9-11-22)29(39)36-15-12-19(13-16-36)27(37)35-26(17-21-18-33-24-6-2-1-5-23(21)24)28(38)34-25(30(40)41)7-3-4-14-32/h1-2,5-6,8-11,18-19,25-26,33H,3-4,7,12-17,32H2,(H,34,38)(H,35,37)(H,40,41). The van der Waals surface area contributed by atoms with E-state index >= 15 is 0 Å². The number of nitrogens with two attached hydrogens (primary N) is 1. The second-order valence-corrected chi connectivity index (χ2v) is 10.8. The first-order valence-electron chi connectivity index (χ1n) is 13.9. The number of carboxylic acids is 1. The molecule has 6 N–H and O–H groups in total. The second-order valence-electron chi connectivity index (χ2n) is 10.4. The predicted molar refractivity (Wildman–Crippen MR) is 156 cm³/mol. The van der Waals surface area contributed by atoms with Gasteiger partial charge in [-0.25, -0.2) is 4.79 Å². The summed E-state index contributed by atoms with van der Waals surface area (Å²) < 4.78 is 0. The van der Waals surface area contributed by atoms with Gasteiger partial charge in [-0.3, -0.25) is 14.4 Å². The van der Waals surface area contributed by atoms with Gasteiger partial charge in [0.2, 0.25) is 11.8 Å². The highest BCUT2D eigenvalue weighted by atomic mass is 35.5. The number of unbranched alkanes of at least 4 members (excludes halogenated alkanes) is 1. The highest BCUT2D eigenvalue weighted by Gasteiger charge is 2.32. The van der Waals surface area contributed by atoms with Crippen molar-refractivity contribution in [2.45, 2.75) is 50.6 Å². The number of halogens is 1. The smallest absolute Gasteiger partial charge is 0.326 e. The number of fused-ring (bicyclic) bond motifs is 1. The van der Waals surface area contributed by atoms with Crippen LogP contribution in [-0.4, -0.2) is 70.4 Å². The number of likely N-dealkylation sites (tertiary alicyclic amines) is 1. The van der Waals surface area contributed by atoms with Crippen LogP contribution in [0.3, 0.4) is 0 Å².